The zero-order valence-corrected chi connectivity index (χ0v) is 39.3. The number of anilines is 3. The maximum atomic E-state index is 13.5. The Kier molecular flexibility index (Phi) is 17.8. The van der Waals surface area contributed by atoms with Crippen LogP contribution < -0.4 is 50.4 Å². The lowest BCUT2D eigenvalue weighted by atomic mass is 9.79. The molecule has 3 heterocycles. The number of hydrogen-bond acceptors (Lipinski definition) is 18. The smallest absolute Gasteiger partial charge is 0.412 e. The van der Waals surface area contributed by atoms with Gasteiger partial charge in [-0.05, 0) is 54.7 Å². The second-order valence-electron chi connectivity index (χ2n) is 18.4. The van der Waals surface area contributed by atoms with Crippen molar-refractivity contribution in [2.45, 2.75) is 126 Å². The molecule has 3 saturated heterocycles. The van der Waals surface area contributed by atoms with E-state index in [1.54, 1.807) is 84.9 Å². The highest BCUT2D eigenvalue weighted by atomic mass is 16.8. The summed E-state index contributed by atoms with van der Waals surface area (Å²) in [5.41, 5.74) is 41.0. The van der Waals surface area contributed by atoms with Crippen molar-refractivity contribution in [1.82, 2.24) is 0 Å². The van der Waals surface area contributed by atoms with Gasteiger partial charge in [-0.15, -0.1) is 0 Å². The largest absolute Gasteiger partial charge is 0.446 e. The molecule has 4 fully saturated rings. The van der Waals surface area contributed by atoms with Crippen LogP contribution in [0.25, 0.3) is 0 Å². The van der Waals surface area contributed by atoms with Crippen LogP contribution in [0.15, 0.2) is 91.0 Å². The molecule has 21 nitrogen and oxygen atoms in total. The molecule has 1 aliphatic carbocycles. The fourth-order valence-electron chi connectivity index (χ4n) is 9.32. The van der Waals surface area contributed by atoms with Crippen molar-refractivity contribution >= 4 is 35.3 Å². The normalized spacial score (nSPS) is 36.7. The molecule has 0 radical (unpaired) electrons. The number of carbonyl (C=O) groups excluding carboxylic acids is 3. The Morgan fingerprint density at radius 3 is 1.51 bits per heavy atom. The van der Waals surface area contributed by atoms with Gasteiger partial charge < -0.3 is 77.0 Å². The molecule has 3 aromatic carbocycles. The SMILES string of the molecule is CC1C(CN)OC(OC2C(COC(=O)Nc3ccccc3)OC(OC3C(C)C(N)CC(N)C3OC3OC(CN)C(OC(=O)Nc4ccccc4)C(OC(=O)Nc4ccccc4)C3N)C2C)C(N)C1C. The van der Waals surface area contributed by atoms with Gasteiger partial charge in [-0.25, -0.2) is 14.4 Å². The summed E-state index contributed by atoms with van der Waals surface area (Å²) in [4.78, 5) is 39.8. The molecular formula is C48H69N9O12. The number of para-hydroxylation sites is 3. The van der Waals surface area contributed by atoms with Gasteiger partial charge in [0.2, 0.25) is 0 Å². The summed E-state index contributed by atoms with van der Waals surface area (Å²) in [6, 6.07) is 23.2. The molecule has 0 spiro atoms. The quantitative estimate of drug-likeness (QED) is 0.0989. The first kappa shape index (κ1) is 51.8. The highest BCUT2D eigenvalue weighted by Gasteiger charge is 2.54. The summed E-state index contributed by atoms with van der Waals surface area (Å²) in [6.07, 6.45) is -12.8. The highest BCUT2D eigenvalue weighted by molar-refractivity contribution is 5.86. The molecule has 0 bridgehead atoms. The lowest BCUT2D eigenvalue weighted by Gasteiger charge is -2.48. The number of carbonyl (C=O) groups is 3. The number of amides is 3. The van der Waals surface area contributed by atoms with E-state index in [9.17, 15) is 14.4 Å². The van der Waals surface area contributed by atoms with Gasteiger partial charge in [0.25, 0.3) is 0 Å². The van der Waals surface area contributed by atoms with Gasteiger partial charge >= 0.3 is 18.3 Å². The Bertz CT molecular complexity index is 2100. The molecule has 15 N–H and O–H groups in total. The summed E-state index contributed by atoms with van der Waals surface area (Å²) < 4.78 is 57.1. The molecule has 3 amide bonds. The Hall–Kier alpha value is -5.01. The lowest BCUT2D eigenvalue weighted by Crippen LogP contribution is -2.68. The van der Waals surface area contributed by atoms with E-state index < -0.39 is 110 Å². The standard InChI is InChI=1S/C48H69N9O12/c1-24-25(2)36(53)44(62-33(24)21-49)65-38-27(4)43(64-35(38)23-61-46(58)55-28-14-8-5-9-15-28)66-39-26(3)31(51)20-32(52)40(39)67-45-37(54)42(69-48(60)57-30-18-12-7-13-19-30)41(34(22-50)63-45)68-47(59)56-29-16-10-6-11-17-29/h5-19,24-27,31-45H,20-23,49-54H2,1-4H3,(H,55,58)(H,56,59)(H,57,60). The second kappa shape index (κ2) is 23.7. The van der Waals surface area contributed by atoms with E-state index in [0.717, 1.165) is 0 Å². The molecule has 21 heteroatoms. The molecule has 19 atom stereocenters. The van der Waals surface area contributed by atoms with Crippen LogP contribution in [-0.2, 0) is 42.6 Å². The Morgan fingerprint density at radius 2 is 0.957 bits per heavy atom. The second-order valence-corrected chi connectivity index (χ2v) is 18.4. The van der Waals surface area contributed by atoms with Crippen molar-refractivity contribution in [2.24, 2.45) is 58.1 Å². The minimum atomic E-state index is -1.35. The van der Waals surface area contributed by atoms with Crippen LogP contribution in [0, 0.1) is 23.7 Å². The first-order valence-electron chi connectivity index (χ1n) is 23.5. The first-order chi connectivity index (χ1) is 33.1. The molecular weight excluding hydrogens is 895 g/mol. The fourth-order valence-corrected chi connectivity index (χ4v) is 9.32. The number of nitrogens with two attached hydrogens (primary N) is 6. The fraction of sp³-hybridized carbons (Fsp3) is 0.562. The maximum absolute atomic E-state index is 13.5. The topological polar surface area (TPSA) is 326 Å². The summed E-state index contributed by atoms with van der Waals surface area (Å²) >= 11 is 0. The van der Waals surface area contributed by atoms with E-state index in [1.807, 2.05) is 33.8 Å². The van der Waals surface area contributed by atoms with Gasteiger partial charge in [-0.2, -0.15) is 0 Å². The Morgan fingerprint density at radius 1 is 0.493 bits per heavy atom. The summed E-state index contributed by atoms with van der Waals surface area (Å²) in [5.74, 6) is -0.827. The molecule has 378 valence electrons. The molecule has 69 heavy (non-hydrogen) atoms. The molecule has 19 unspecified atom stereocenters. The van der Waals surface area contributed by atoms with Crippen molar-refractivity contribution in [3.8, 4) is 0 Å². The average molecular weight is 964 g/mol. The summed E-state index contributed by atoms with van der Waals surface area (Å²) in [7, 11) is 0. The van der Waals surface area contributed by atoms with Crippen LogP contribution in [0.1, 0.15) is 34.1 Å². The van der Waals surface area contributed by atoms with E-state index in [4.69, 9.17) is 77.0 Å². The third kappa shape index (κ3) is 12.7. The van der Waals surface area contributed by atoms with E-state index in [2.05, 4.69) is 16.0 Å². The zero-order chi connectivity index (χ0) is 49.4. The van der Waals surface area contributed by atoms with Gasteiger partial charge in [0, 0.05) is 54.1 Å². The van der Waals surface area contributed by atoms with Crippen molar-refractivity contribution in [2.75, 3.05) is 35.6 Å². The number of hydrogen-bond donors (Lipinski definition) is 9. The molecule has 1 saturated carbocycles. The average Bonchev–Trinajstić information content (AvgIpc) is 3.63. The van der Waals surface area contributed by atoms with Gasteiger partial charge in [-0.3, -0.25) is 16.0 Å². The van der Waals surface area contributed by atoms with Crippen LogP contribution in [0.5, 0.6) is 0 Å². The summed E-state index contributed by atoms with van der Waals surface area (Å²) in [6.45, 7) is 7.70. The van der Waals surface area contributed by atoms with Crippen LogP contribution in [-0.4, -0.2) is 130 Å². The zero-order valence-electron chi connectivity index (χ0n) is 39.3. The van der Waals surface area contributed by atoms with Crippen molar-refractivity contribution in [3.05, 3.63) is 91.0 Å². The van der Waals surface area contributed by atoms with Crippen molar-refractivity contribution < 1.29 is 57.0 Å². The molecule has 0 aromatic heterocycles. The first-order valence-corrected chi connectivity index (χ1v) is 23.5. The van der Waals surface area contributed by atoms with Gasteiger partial charge in [-0.1, -0.05) is 82.3 Å². The van der Waals surface area contributed by atoms with Crippen molar-refractivity contribution in [3.63, 3.8) is 0 Å². The van der Waals surface area contributed by atoms with E-state index >= 15 is 0 Å². The monoisotopic (exact) mass is 964 g/mol. The molecule has 3 aliphatic heterocycles. The number of rotatable bonds is 15. The number of benzene rings is 3. The van der Waals surface area contributed by atoms with Crippen LogP contribution in [0.3, 0.4) is 0 Å². The third-order valence-electron chi connectivity index (χ3n) is 13.7. The minimum absolute atomic E-state index is 0.000991. The predicted molar refractivity (Wildman–Crippen MR) is 254 cm³/mol. The maximum Gasteiger partial charge on any atom is 0.412 e. The van der Waals surface area contributed by atoms with E-state index in [-0.39, 0.29) is 43.6 Å². The Labute approximate surface area is 402 Å². The molecule has 7 rings (SSSR count). The van der Waals surface area contributed by atoms with Crippen LogP contribution in [0.4, 0.5) is 31.4 Å². The molecule has 4 aliphatic rings. The minimum Gasteiger partial charge on any atom is -0.446 e. The molecule has 3 aromatic rings. The van der Waals surface area contributed by atoms with Gasteiger partial charge in [0.1, 0.15) is 24.9 Å². The van der Waals surface area contributed by atoms with E-state index in [0.29, 0.717) is 23.5 Å². The Balaban J connectivity index is 1.11. The van der Waals surface area contributed by atoms with Gasteiger partial charge in [0.05, 0.1) is 30.4 Å². The number of ether oxygens (including phenoxy) is 9. The van der Waals surface area contributed by atoms with Gasteiger partial charge in [0.15, 0.2) is 31.1 Å². The predicted octanol–water partition coefficient (Wildman–Crippen LogP) is 2.97. The van der Waals surface area contributed by atoms with Crippen LogP contribution >= 0.6 is 0 Å². The van der Waals surface area contributed by atoms with E-state index in [1.165, 1.54) is 0 Å². The lowest BCUT2D eigenvalue weighted by molar-refractivity contribution is -0.299. The van der Waals surface area contributed by atoms with Crippen molar-refractivity contribution in [1.29, 1.82) is 0 Å². The van der Waals surface area contributed by atoms with Crippen LogP contribution in [0.2, 0.25) is 0 Å². The summed E-state index contributed by atoms with van der Waals surface area (Å²) in [5, 5.41) is 8.06. The third-order valence-corrected chi connectivity index (χ3v) is 13.7. The number of nitrogens with one attached hydrogen (secondary N) is 3. The highest BCUT2D eigenvalue weighted by Crippen LogP contribution is 2.40.